The molecule has 1 aliphatic rings. The number of nitrogens with one attached hydrogen (secondary N) is 1. The fourth-order valence-corrected chi connectivity index (χ4v) is 1.37. The van der Waals surface area contributed by atoms with Gasteiger partial charge < -0.3 is 10.4 Å². The molecule has 0 amide bonds. The van der Waals surface area contributed by atoms with Gasteiger partial charge in [0, 0.05) is 19.0 Å². The Kier molecular flexibility index (Phi) is 2.09. The van der Waals surface area contributed by atoms with Gasteiger partial charge in [-0.3, -0.25) is 0 Å². The molecule has 1 saturated heterocycles. The Balaban J connectivity index is 2.40. The van der Waals surface area contributed by atoms with Crippen LogP contribution in [-0.2, 0) is 0 Å². The van der Waals surface area contributed by atoms with Crippen LogP contribution in [-0.4, -0.2) is 24.3 Å². The number of hydrogen-bond donors (Lipinski definition) is 2. The molecule has 9 heavy (non-hydrogen) atoms. The van der Waals surface area contributed by atoms with Crippen LogP contribution in [0.5, 0.6) is 0 Å². The second kappa shape index (κ2) is 2.67. The minimum atomic E-state index is -0.106. The summed E-state index contributed by atoms with van der Waals surface area (Å²) in [6.45, 7) is 6.07. The van der Waals surface area contributed by atoms with Gasteiger partial charge >= 0.3 is 0 Å². The van der Waals surface area contributed by atoms with Crippen molar-refractivity contribution >= 4 is 0 Å². The Morgan fingerprint density at radius 2 is 2.11 bits per heavy atom. The highest BCUT2D eigenvalue weighted by Crippen LogP contribution is 2.17. The van der Waals surface area contributed by atoms with E-state index in [1.807, 2.05) is 0 Å². The van der Waals surface area contributed by atoms with Crippen LogP contribution in [0.25, 0.3) is 0 Å². The van der Waals surface area contributed by atoms with Crippen molar-refractivity contribution in [1.29, 1.82) is 0 Å². The molecule has 1 aliphatic heterocycles. The van der Waals surface area contributed by atoms with Gasteiger partial charge in [-0.2, -0.15) is 0 Å². The summed E-state index contributed by atoms with van der Waals surface area (Å²) < 4.78 is 0. The lowest BCUT2D eigenvalue weighted by molar-refractivity contribution is 0.123. The lowest BCUT2D eigenvalue weighted by Crippen LogP contribution is -2.22. The lowest BCUT2D eigenvalue weighted by atomic mass is 9.93. The van der Waals surface area contributed by atoms with E-state index >= 15 is 0 Å². The summed E-state index contributed by atoms with van der Waals surface area (Å²) in [5.41, 5.74) is 0. The van der Waals surface area contributed by atoms with Crippen molar-refractivity contribution in [2.24, 2.45) is 11.8 Å². The Bertz CT molecular complexity index is 92.9. The van der Waals surface area contributed by atoms with Crippen molar-refractivity contribution < 1.29 is 5.11 Å². The van der Waals surface area contributed by atoms with Crippen LogP contribution >= 0.6 is 0 Å². The molecule has 0 aromatic rings. The predicted octanol–water partition coefficient (Wildman–Crippen LogP) is 0.223. The first-order valence-corrected chi connectivity index (χ1v) is 3.60. The van der Waals surface area contributed by atoms with E-state index in [9.17, 15) is 5.11 Å². The Hall–Kier alpha value is -0.0800. The third-order valence-electron chi connectivity index (χ3n) is 2.08. The van der Waals surface area contributed by atoms with Crippen molar-refractivity contribution in [2.45, 2.75) is 20.0 Å². The number of aliphatic hydroxyl groups excluding tert-OH is 1. The second-order valence-corrected chi connectivity index (χ2v) is 3.13. The molecular formula is C7H15NO. The molecule has 1 unspecified atom stereocenters. The van der Waals surface area contributed by atoms with E-state index in [-0.39, 0.29) is 6.10 Å². The van der Waals surface area contributed by atoms with Gasteiger partial charge in [0.1, 0.15) is 0 Å². The van der Waals surface area contributed by atoms with Crippen LogP contribution in [0.1, 0.15) is 13.8 Å². The van der Waals surface area contributed by atoms with Crippen molar-refractivity contribution in [3.8, 4) is 0 Å². The molecule has 0 aromatic heterocycles. The molecule has 0 saturated carbocycles. The lowest BCUT2D eigenvalue weighted by Gasteiger charge is -2.16. The summed E-state index contributed by atoms with van der Waals surface area (Å²) in [7, 11) is 0. The van der Waals surface area contributed by atoms with Gasteiger partial charge in [0.15, 0.2) is 0 Å². The van der Waals surface area contributed by atoms with Crippen LogP contribution in [0, 0.1) is 11.8 Å². The van der Waals surface area contributed by atoms with Gasteiger partial charge in [-0.25, -0.2) is 0 Å². The molecule has 1 fully saturated rings. The summed E-state index contributed by atoms with van der Waals surface area (Å²) >= 11 is 0. The minimum Gasteiger partial charge on any atom is -0.391 e. The molecule has 0 radical (unpaired) electrons. The first kappa shape index (κ1) is 7.03. The van der Waals surface area contributed by atoms with E-state index in [0.717, 1.165) is 13.1 Å². The van der Waals surface area contributed by atoms with E-state index in [2.05, 4.69) is 19.2 Å². The van der Waals surface area contributed by atoms with E-state index < -0.39 is 0 Å². The summed E-state index contributed by atoms with van der Waals surface area (Å²) in [6, 6.07) is 0. The molecule has 2 nitrogen and oxygen atoms in total. The Morgan fingerprint density at radius 3 is 2.33 bits per heavy atom. The summed E-state index contributed by atoms with van der Waals surface area (Å²) in [5.74, 6) is 1.08. The Labute approximate surface area is 56.3 Å². The average Bonchev–Trinajstić information content (AvgIpc) is 2.13. The van der Waals surface area contributed by atoms with Gasteiger partial charge in [0.05, 0.1) is 6.10 Å². The highest BCUT2D eigenvalue weighted by Gasteiger charge is 2.26. The molecule has 2 heteroatoms. The fraction of sp³-hybridized carbons (Fsp3) is 1.00. The van der Waals surface area contributed by atoms with E-state index in [0.29, 0.717) is 11.8 Å². The number of rotatable bonds is 1. The van der Waals surface area contributed by atoms with Crippen LogP contribution in [0.15, 0.2) is 0 Å². The zero-order chi connectivity index (χ0) is 6.85. The topological polar surface area (TPSA) is 32.3 Å². The number of β-amino-alcohol motifs (C(OH)–C–C–N with tert-alkyl or cyclic N) is 1. The standard InChI is InChI=1S/C7H15NO/c1-5(2)6-3-8-4-7(6)9/h5-9H,3-4H2,1-2H3/t6?,7-/m0/s1. The van der Waals surface area contributed by atoms with E-state index in [1.54, 1.807) is 0 Å². The first-order valence-electron chi connectivity index (χ1n) is 3.60. The van der Waals surface area contributed by atoms with Gasteiger partial charge in [-0.1, -0.05) is 13.8 Å². The minimum absolute atomic E-state index is 0.106. The SMILES string of the molecule is CC(C)C1CNC[C@@H]1O. The van der Waals surface area contributed by atoms with E-state index in [4.69, 9.17) is 0 Å². The first-order chi connectivity index (χ1) is 4.22. The highest BCUT2D eigenvalue weighted by atomic mass is 16.3. The molecule has 0 bridgehead atoms. The molecule has 0 aromatic carbocycles. The Morgan fingerprint density at radius 1 is 1.44 bits per heavy atom. The smallest absolute Gasteiger partial charge is 0.0707 e. The third kappa shape index (κ3) is 1.43. The van der Waals surface area contributed by atoms with Crippen LogP contribution in [0.3, 0.4) is 0 Å². The molecule has 1 rings (SSSR count). The van der Waals surface area contributed by atoms with Crippen LogP contribution in [0.4, 0.5) is 0 Å². The summed E-state index contributed by atoms with van der Waals surface area (Å²) in [6.07, 6.45) is -0.106. The molecule has 2 N–H and O–H groups in total. The molecule has 0 aliphatic carbocycles. The number of hydrogen-bond acceptors (Lipinski definition) is 2. The summed E-state index contributed by atoms with van der Waals surface area (Å²) in [5, 5.41) is 12.5. The largest absolute Gasteiger partial charge is 0.391 e. The predicted molar refractivity (Wildman–Crippen MR) is 37.2 cm³/mol. The summed E-state index contributed by atoms with van der Waals surface area (Å²) in [4.78, 5) is 0. The zero-order valence-electron chi connectivity index (χ0n) is 6.09. The van der Waals surface area contributed by atoms with Crippen LogP contribution < -0.4 is 5.32 Å². The molecule has 1 heterocycles. The van der Waals surface area contributed by atoms with Gasteiger partial charge in [-0.05, 0) is 5.92 Å². The quantitative estimate of drug-likeness (QED) is 0.531. The van der Waals surface area contributed by atoms with Gasteiger partial charge in [0.25, 0.3) is 0 Å². The van der Waals surface area contributed by atoms with Crippen molar-refractivity contribution in [2.75, 3.05) is 13.1 Å². The second-order valence-electron chi connectivity index (χ2n) is 3.13. The number of aliphatic hydroxyl groups is 1. The molecule has 54 valence electrons. The maximum absolute atomic E-state index is 9.30. The zero-order valence-corrected chi connectivity index (χ0v) is 6.09. The van der Waals surface area contributed by atoms with E-state index in [1.165, 1.54) is 0 Å². The van der Waals surface area contributed by atoms with Gasteiger partial charge in [0.2, 0.25) is 0 Å². The maximum Gasteiger partial charge on any atom is 0.0707 e. The average molecular weight is 129 g/mol. The van der Waals surface area contributed by atoms with Gasteiger partial charge in [-0.15, -0.1) is 0 Å². The molecule has 2 atom stereocenters. The normalized spacial score (nSPS) is 36.0. The van der Waals surface area contributed by atoms with Crippen molar-refractivity contribution in [3.05, 3.63) is 0 Å². The van der Waals surface area contributed by atoms with Crippen molar-refractivity contribution in [3.63, 3.8) is 0 Å². The van der Waals surface area contributed by atoms with Crippen molar-refractivity contribution in [1.82, 2.24) is 5.32 Å². The third-order valence-corrected chi connectivity index (χ3v) is 2.08. The molecule has 0 spiro atoms. The molecular weight excluding hydrogens is 114 g/mol. The fourth-order valence-electron chi connectivity index (χ4n) is 1.37. The van der Waals surface area contributed by atoms with Crippen LogP contribution in [0.2, 0.25) is 0 Å². The highest BCUT2D eigenvalue weighted by molar-refractivity contribution is 4.81. The monoisotopic (exact) mass is 129 g/mol. The maximum atomic E-state index is 9.30.